The maximum Gasteiger partial charge on any atom is 0.300 e. The molecule has 0 spiro atoms. The number of hydrogen-bond acceptors (Lipinski definition) is 4. The Morgan fingerprint density at radius 2 is 2.20 bits per heavy atom. The fourth-order valence-corrected chi connectivity index (χ4v) is 1.88. The summed E-state index contributed by atoms with van der Waals surface area (Å²) in [5, 5.41) is 0.179. The number of aromatic nitrogens is 2. The Labute approximate surface area is 93.3 Å². The molecule has 0 aliphatic rings. The lowest BCUT2D eigenvalue weighted by molar-refractivity contribution is 0.586. The van der Waals surface area contributed by atoms with E-state index in [1.54, 1.807) is 0 Å². The molecular weight excluding hydrogens is 240 g/mol. The summed E-state index contributed by atoms with van der Waals surface area (Å²) in [6.07, 6.45) is 1.89. The van der Waals surface area contributed by atoms with Crippen molar-refractivity contribution in [1.82, 2.24) is 14.7 Å². The van der Waals surface area contributed by atoms with E-state index in [1.807, 2.05) is 6.92 Å². The van der Waals surface area contributed by atoms with Gasteiger partial charge in [0, 0.05) is 12.6 Å². The van der Waals surface area contributed by atoms with Gasteiger partial charge in [-0.15, -0.1) is 0 Å². The van der Waals surface area contributed by atoms with Gasteiger partial charge in [0.2, 0.25) is 0 Å². The van der Waals surface area contributed by atoms with Crippen LogP contribution in [0.1, 0.15) is 13.3 Å². The summed E-state index contributed by atoms with van der Waals surface area (Å²) in [7, 11) is -3.56. The predicted molar refractivity (Wildman–Crippen MR) is 57.9 cm³/mol. The van der Waals surface area contributed by atoms with E-state index in [0.29, 0.717) is 13.0 Å². The fraction of sp³-hybridized carbons (Fsp3) is 0.429. The number of anilines is 1. The molecule has 0 bridgehead atoms. The molecule has 1 aromatic rings. The van der Waals surface area contributed by atoms with Gasteiger partial charge in [0.15, 0.2) is 0 Å². The van der Waals surface area contributed by atoms with Crippen molar-refractivity contribution in [2.24, 2.45) is 0 Å². The number of nitrogens with zero attached hydrogens (tertiary/aromatic N) is 2. The second kappa shape index (κ2) is 5.24. The van der Waals surface area contributed by atoms with Gasteiger partial charge < -0.3 is 0 Å². The topological polar surface area (TPSA) is 84.0 Å². The molecular formula is C7H11ClN4O2S. The molecule has 0 saturated heterocycles. The third-order valence-electron chi connectivity index (χ3n) is 1.41. The zero-order chi connectivity index (χ0) is 11.3. The van der Waals surface area contributed by atoms with Crippen LogP contribution in [0, 0.1) is 0 Å². The zero-order valence-electron chi connectivity index (χ0n) is 8.07. The Morgan fingerprint density at radius 1 is 1.47 bits per heavy atom. The van der Waals surface area contributed by atoms with Crippen molar-refractivity contribution in [2.75, 3.05) is 11.3 Å². The smallest absolute Gasteiger partial charge is 0.254 e. The molecule has 0 fully saturated rings. The highest BCUT2D eigenvalue weighted by molar-refractivity contribution is 7.90. The largest absolute Gasteiger partial charge is 0.300 e. The molecule has 0 unspecified atom stereocenters. The van der Waals surface area contributed by atoms with Crippen LogP contribution in [0.25, 0.3) is 0 Å². The van der Waals surface area contributed by atoms with Gasteiger partial charge >= 0.3 is 0 Å². The summed E-state index contributed by atoms with van der Waals surface area (Å²) in [5.41, 5.74) is 0. The van der Waals surface area contributed by atoms with E-state index in [9.17, 15) is 8.42 Å². The molecule has 15 heavy (non-hydrogen) atoms. The molecule has 84 valence electrons. The van der Waals surface area contributed by atoms with E-state index in [-0.39, 0.29) is 11.0 Å². The van der Waals surface area contributed by atoms with E-state index in [0.717, 1.165) is 0 Å². The maximum atomic E-state index is 11.3. The first-order valence-electron chi connectivity index (χ1n) is 4.28. The second-order valence-corrected chi connectivity index (χ2v) is 4.61. The van der Waals surface area contributed by atoms with E-state index in [1.165, 1.54) is 12.4 Å². The van der Waals surface area contributed by atoms with Crippen LogP contribution in [0.3, 0.4) is 0 Å². The highest BCUT2D eigenvalue weighted by atomic mass is 35.5. The maximum absolute atomic E-state index is 11.3. The van der Waals surface area contributed by atoms with Crippen LogP contribution in [0.2, 0.25) is 5.15 Å². The van der Waals surface area contributed by atoms with E-state index >= 15 is 0 Å². The van der Waals surface area contributed by atoms with Crippen LogP contribution < -0.4 is 9.44 Å². The number of rotatable bonds is 5. The minimum absolute atomic E-state index is 0.138. The van der Waals surface area contributed by atoms with Crippen molar-refractivity contribution < 1.29 is 8.42 Å². The standard InChI is InChI=1S/C7H11ClN4O2S/c1-2-3-11-15(13,14)12-7-4-6(8)9-5-10-7/h4-5,11H,2-3H2,1H3,(H,9,10,12). The average Bonchev–Trinajstić information content (AvgIpc) is 2.14. The highest BCUT2D eigenvalue weighted by Gasteiger charge is 2.09. The van der Waals surface area contributed by atoms with Gasteiger partial charge in [-0.25, -0.2) is 9.97 Å². The summed E-state index contributed by atoms with van der Waals surface area (Å²) in [6.45, 7) is 2.23. The first-order valence-corrected chi connectivity index (χ1v) is 6.14. The molecule has 8 heteroatoms. The first kappa shape index (κ1) is 12.2. The van der Waals surface area contributed by atoms with Gasteiger partial charge in [-0.05, 0) is 6.42 Å². The lowest BCUT2D eigenvalue weighted by Crippen LogP contribution is -2.30. The molecule has 0 amide bonds. The quantitative estimate of drug-likeness (QED) is 0.757. The lowest BCUT2D eigenvalue weighted by atomic mass is 10.5. The number of halogens is 1. The summed E-state index contributed by atoms with van der Waals surface area (Å²) in [4.78, 5) is 7.34. The summed E-state index contributed by atoms with van der Waals surface area (Å²) < 4.78 is 27.2. The molecule has 0 aliphatic heterocycles. The van der Waals surface area contributed by atoms with E-state index < -0.39 is 10.2 Å². The van der Waals surface area contributed by atoms with Crippen molar-refractivity contribution in [3.63, 3.8) is 0 Å². The van der Waals surface area contributed by atoms with Crippen molar-refractivity contribution in [1.29, 1.82) is 0 Å². The van der Waals surface area contributed by atoms with Crippen molar-refractivity contribution in [3.8, 4) is 0 Å². The SMILES string of the molecule is CCCNS(=O)(=O)Nc1cc(Cl)ncn1. The van der Waals surface area contributed by atoms with Crippen LogP contribution in [-0.2, 0) is 10.2 Å². The normalized spacial score (nSPS) is 11.3. The molecule has 6 nitrogen and oxygen atoms in total. The fourth-order valence-electron chi connectivity index (χ4n) is 0.800. The van der Waals surface area contributed by atoms with Crippen molar-refractivity contribution in [2.45, 2.75) is 13.3 Å². The summed E-state index contributed by atoms with van der Waals surface area (Å²) in [5.74, 6) is 0.138. The molecule has 1 rings (SSSR count). The van der Waals surface area contributed by atoms with Crippen LogP contribution in [0.4, 0.5) is 5.82 Å². The number of hydrogen-bond donors (Lipinski definition) is 2. The van der Waals surface area contributed by atoms with Crippen LogP contribution in [0.15, 0.2) is 12.4 Å². The Morgan fingerprint density at radius 3 is 2.80 bits per heavy atom. The van der Waals surface area contributed by atoms with Crippen molar-refractivity contribution >= 4 is 27.6 Å². The third-order valence-corrected chi connectivity index (χ3v) is 2.68. The summed E-state index contributed by atoms with van der Waals surface area (Å²) in [6, 6.07) is 1.33. The van der Waals surface area contributed by atoms with Gasteiger partial charge in [-0.2, -0.15) is 13.1 Å². The Kier molecular flexibility index (Phi) is 4.25. The van der Waals surface area contributed by atoms with Gasteiger partial charge in [0.05, 0.1) is 0 Å². The van der Waals surface area contributed by atoms with E-state index in [2.05, 4.69) is 19.4 Å². The molecule has 0 aliphatic carbocycles. The molecule has 0 radical (unpaired) electrons. The Bertz CT molecular complexity index is 423. The Hall–Kier alpha value is -0.920. The third kappa shape index (κ3) is 4.41. The predicted octanol–water partition coefficient (Wildman–Crippen LogP) is 0.786. The van der Waals surface area contributed by atoms with Gasteiger partial charge in [-0.1, -0.05) is 18.5 Å². The van der Waals surface area contributed by atoms with Gasteiger partial charge in [0.25, 0.3) is 10.2 Å². The molecule has 1 heterocycles. The van der Waals surface area contributed by atoms with Crippen LogP contribution in [0.5, 0.6) is 0 Å². The van der Waals surface area contributed by atoms with Crippen molar-refractivity contribution in [3.05, 3.63) is 17.5 Å². The minimum atomic E-state index is -3.56. The van der Waals surface area contributed by atoms with Gasteiger partial charge in [-0.3, -0.25) is 4.72 Å². The molecule has 2 N–H and O–H groups in total. The molecule has 0 saturated carbocycles. The average molecular weight is 251 g/mol. The summed E-state index contributed by atoms with van der Waals surface area (Å²) >= 11 is 5.57. The van der Waals surface area contributed by atoms with E-state index in [4.69, 9.17) is 11.6 Å². The van der Waals surface area contributed by atoms with Crippen LogP contribution >= 0.6 is 11.6 Å². The molecule has 1 aromatic heterocycles. The molecule has 0 atom stereocenters. The minimum Gasteiger partial charge on any atom is -0.254 e. The zero-order valence-corrected chi connectivity index (χ0v) is 9.64. The second-order valence-electron chi connectivity index (χ2n) is 2.73. The van der Waals surface area contributed by atoms with Crippen LogP contribution in [-0.4, -0.2) is 24.9 Å². The molecule has 0 aromatic carbocycles. The Balaban J connectivity index is 2.69. The monoisotopic (exact) mass is 250 g/mol. The first-order chi connectivity index (χ1) is 7.03. The lowest BCUT2D eigenvalue weighted by Gasteiger charge is -2.07. The number of nitrogens with one attached hydrogen (secondary N) is 2. The van der Waals surface area contributed by atoms with Gasteiger partial charge in [0.1, 0.15) is 17.3 Å². The highest BCUT2D eigenvalue weighted by Crippen LogP contribution is 2.09.